The summed E-state index contributed by atoms with van der Waals surface area (Å²) in [5, 5.41) is 0. The molecule has 0 radical (unpaired) electrons. The minimum atomic E-state index is -3.53. The molecule has 0 saturated carbocycles. The number of benzene rings is 2. The number of sulfonamides is 1. The Morgan fingerprint density at radius 2 is 1.72 bits per heavy atom. The molecule has 0 aliphatic heterocycles. The topological polar surface area (TPSA) is 59.4 Å². The lowest BCUT2D eigenvalue weighted by Gasteiger charge is -2.18. The molecule has 5 nitrogen and oxygen atoms in total. The van der Waals surface area contributed by atoms with Crippen LogP contribution in [0.25, 0.3) is 10.2 Å². The van der Waals surface area contributed by atoms with E-state index < -0.39 is 10.0 Å². The van der Waals surface area contributed by atoms with E-state index in [4.69, 9.17) is 0 Å². The molecule has 0 amide bonds. The second-order valence-electron chi connectivity index (χ2n) is 5.66. The average molecular weight is 377 g/mol. The second-order valence-corrected chi connectivity index (χ2v) is 8.59. The molecule has 1 heterocycles. The molecule has 0 atom stereocenters. The number of nitrogens with zero attached hydrogens (tertiary/aromatic N) is 2. The molecule has 3 rings (SSSR count). The molecule has 7 heteroatoms. The van der Waals surface area contributed by atoms with Crippen LogP contribution in [0.4, 0.5) is 0 Å². The molecular weight excluding hydrogens is 356 g/mol. The van der Waals surface area contributed by atoms with E-state index in [1.54, 1.807) is 22.8 Å². The van der Waals surface area contributed by atoms with Crippen LogP contribution in [-0.4, -0.2) is 30.4 Å². The van der Waals surface area contributed by atoms with Crippen molar-refractivity contribution in [2.24, 2.45) is 0 Å². The molecule has 25 heavy (non-hydrogen) atoms. The first-order valence-corrected chi connectivity index (χ1v) is 10.4. The molecule has 0 saturated heterocycles. The summed E-state index contributed by atoms with van der Waals surface area (Å²) in [5.74, 6) is 0. The Bertz CT molecular complexity index is 1030. The molecule has 1 aromatic heterocycles. The number of thiazole rings is 1. The zero-order chi connectivity index (χ0) is 18.0. The van der Waals surface area contributed by atoms with E-state index in [2.05, 4.69) is 0 Å². The minimum absolute atomic E-state index is 0.0868. The van der Waals surface area contributed by atoms with Crippen LogP contribution < -0.4 is 4.87 Å². The summed E-state index contributed by atoms with van der Waals surface area (Å²) < 4.78 is 29.1. The van der Waals surface area contributed by atoms with E-state index in [-0.39, 0.29) is 9.77 Å². The highest BCUT2D eigenvalue weighted by Gasteiger charge is 2.22. The number of aromatic nitrogens is 1. The molecule has 0 aliphatic rings. The van der Waals surface area contributed by atoms with Gasteiger partial charge in [-0.2, -0.15) is 4.31 Å². The number of hydrogen-bond acceptors (Lipinski definition) is 4. The average Bonchev–Trinajstić information content (AvgIpc) is 2.91. The summed E-state index contributed by atoms with van der Waals surface area (Å²) in [6.45, 7) is 4.94. The largest absolute Gasteiger partial charge is 0.308 e. The van der Waals surface area contributed by atoms with Crippen molar-refractivity contribution < 1.29 is 8.42 Å². The molecule has 0 fully saturated rings. The minimum Gasteiger partial charge on any atom is -0.294 e. The van der Waals surface area contributed by atoms with Crippen molar-refractivity contribution in [1.82, 2.24) is 8.87 Å². The fourth-order valence-corrected chi connectivity index (χ4v) is 5.32. The smallest absolute Gasteiger partial charge is 0.294 e. The van der Waals surface area contributed by atoms with Crippen molar-refractivity contribution in [1.29, 1.82) is 0 Å². The van der Waals surface area contributed by atoms with Gasteiger partial charge in [0.2, 0.25) is 10.0 Å². The van der Waals surface area contributed by atoms with Gasteiger partial charge >= 0.3 is 4.87 Å². The molecule has 0 unspecified atom stereocenters. The maximum absolute atomic E-state index is 12.7. The predicted octanol–water partition coefficient (Wildman–Crippen LogP) is 3.14. The predicted molar refractivity (Wildman–Crippen MR) is 102 cm³/mol. The lowest BCUT2D eigenvalue weighted by atomic mass is 10.2. The van der Waals surface area contributed by atoms with Crippen molar-refractivity contribution in [2.45, 2.75) is 25.3 Å². The summed E-state index contributed by atoms with van der Waals surface area (Å²) in [5.41, 5.74) is 1.79. The maximum Gasteiger partial charge on any atom is 0.308 e. The zero-order valence-electron chi connectivity index (χ0n) is 14.2. The maximum atomic E-state index is 12.7. The molecule has 0 N–H and O–H groups in total. The SMILES string of the molecule is CCN(CC)S(=O)(=O)c1ccc2c(c1)sc(=O)n2Cc1ccccc1. The van der Waals surface area contributed by atoms with Gasteiger partial charge in [0.05, 0.1) is 21.7 Å². The van der Waals surface area contributed by atoms with Crippen LogP contribution in [0, 0.1) is 0 Å². The van der Waals surface area contributed by atoms with Gasteiger partial charge in [0.1, 0.15) is 0 Å². The number of hydrogen-bond donors (Lipinski definition) is 0. The van der Waals surface area contributed by atoms with Crippen LogP contribution in [0.5, 0.6) is 0 Å². The zero-order valence-corrected chi connectivity index (χ0v) is 15.8. The molecule has 0 bridgehead atoms. The third-order valence-electron chi connectivity index (χ3n) is 4.17. The van der Waals surface area contributed by atoms with Gasteiger partial charge in [-0.3, -0.25) is 9.36 Å². The quantitative estimate of drug-likeness (QED) is 0.664. The first-order valence-electron chi connectivity index (χ1n) is 8.14. The summed E-state index contributed by atoms with van der Waals surface area (Å²) in [7, 11) is -3.53. The lowest BCUT2D eigenvalue weighted by Crippen LogP contribution is -2.30. The molecule has 2 aromatic carbocycles. The lowest BCUT2D eigenvalue weighted by molar-refractivity contribution is 0.445. The third kappa shape index (κ3) is 3.40. The summed E-state index contributed by atoms with van der Waals surface area (Å²) in [4.78, 5) is 12.5. The molecular formula is C18H20N2O3S2. The number of rotatable bonds is 6. The Morgan fingerprint density at radius 3 is 2.36 bits per heavy atom. The van der Waals surface area contributed by atoms with Gasteiger partial charge in [-0.1, -0.05) is 55.5 Å². The van der Waals surface area contributed by atoms with Crippen LogP contribution in [0.3, 0.4) is 0 Å². The van der Waals surface area contributed by atoms with Gasteiger partial charge in [0.25, 0.3) is 0 Å². The van der Waals surface area contributed by atoms with E-state index >= 15 is 0 Å². The molecule has 0 aliphatic carbocycles. The van der Waals surface area contributed by atoms with Crippen LogP contribution in [0.15, 0.2) is 58.2 Å². The van der Waals surface area contributed by atoms with Crippen LogP contribution >= 0.6 is 11.3 Å². The summed E-state index contributed by atoms with van der Waals surface area (Å²) >= 11 is 1.08. The fourth-order valence-electron chi connectivity index (χ4n) is 2.84. The molecule has 132 valence electrons. The molecule has 3 aromatic rings. The first kappa shape index (κ1) is 17.8. The van der Waals surface area contributed by atoms with Gasteiger partial charge in [0, 0.05) is 13.1 Å². The standard InChI is InChI=1S/C18H20N2O3S2/c1-3-19(4-2)25(22,23)15-10-11-16-17(12-15)24-18(21)20(16)13-14-8-6-5-7-9-14/h5-12H,3-4,13H2,1-2H3. The normalized spacial score (nSPS) is 12.1. The molecule has 0 spiro atoms. The van der Waals surface area contributed by atoms with Crippen molar-refractivity contribution in [3.63, 3.8) is 0 Å². The van der Waals surface area contributed by atoms with E-state index in [1.807, 2.05) is 44.2 Å². The Labute approximate surface area is 151 Å². The van der Waals surface area contributed by atoms with Crippen LogP contribution in [-0.2, 0) is 16.6 Å². The van der Waals surface area contributed by atoms with Gasteiger partial charge in [0.15, 0.2) is 0 Å². The number of fused-ring (bicyclic) bond motifs is 1. The van der Waals surface area contributed by atoms with E-state index in [9.17, 15) is 13.2 Å². The van der Waals surface area contributed by atoms with Crippen LogP contribution in [0.2, 0.25) is 0 Å². The summed E-state index contributed by atoms with van der Waals surface area (Å²) in [6, 6.07) is 14.7. The Morgan fingerprint density at radius 1 is 1.04 bits per heavy atom. The Balaban J connectivity index is 2.05. The highest BCUT2D eigenvalue weighted by atomic mass is 32.2. The monoisotopic (exact) mass is 376 g/mol. The Hall–Kier alpha value is -1.96. The van der Waals surface area contributed by atoms with Crippen molar-refractivity contribution in [3.05, 3.63) is 63.8 Å². The van der Waals surface area contributed by atoms with Gasteiger partial charge in [-0.25, -0.2) is 8.42 Å². The van der Waals surface area contributed by atoms with Crippen molar-refractivity contribution in [3.8, 4) is 0 Å². The second kappa shape index (κ2) is 7.11. The van der Waals surface area contributed by atoms with Crippen LogP contribution in [0.1, 0.15) is 19.4 Å². The fraction of sp³-hybridized carbons (Fsp3) is 0.278. The first-order chi connectivity index (χ1) is 12.0. The van der Waals surface area contributed by atoms with Crippen molar-refractivity contribution in [2.75, 3.05) is 13.1 Å². The van der Waals surface area contributed by atoms with Gasteiger partial charge in [-0.05, 0) is 23.8 Å². The van der Waals surface area contributed by atoms with E-state index in [0.717, 1.165) is 22.4 Å². The summed E-state index contributed by atoms with van der Waals surface area (Å²) in [6.07, 6.45) is 0. The van der Waals surface area contributed by atoms with Gasteiger partial charge < -0.3 is 0 Å². The van der Waals surface area contributed by atoms with E-state index in [1.165, 1.54) is 4.31 Å². The van der Waals surface area contributed by atoms with Crippen molar-refractivity contribution >= 4 is 31.6 Å². The highest BCUT2D eigenvalue weighted by Crippen LogP contribution is 2.24. The highest BCUT2D eigenvalue weighted by molar-refractivity contribution is 7.89. The van der Waals surface area contributed by atoms with Gasteiger partial charge in [-0.15, -0.1) is 0 Å². The Kier molecular flexibility index (Phi) is 5.08. The van der Waals surface area contributed by atoms with E-state index in [0.29, 0.717) is 24.3 Å². The third-order valence-corrected chi connectivity index (χ3v) is 7.15.